The van der Waals surface area contributed by atoms with Crippen molar-refractivity contribution in [1.82, 2.24) is 10.2 Å². The third-order valence-electron chi connectivity index (χ3n) is 6.79. The van der Waals surface area contributed by atoms with E-state index >= 15 is 0 Å². The van der Waals surface area contributed by atoms with Crippen LogP contribution < -0.4 is 14.8 Å². The van der Waals surface area contributed by atoms with Gasteiger partial charge in [-0.2, -0.15) is 0 Å². The molecular weight excluding hydrogens is 448 g/mol. The van der Waals surface area contributed by atoms with Crippen molar-refractivity contribution in [3.8, 4) is 11.5 Å². The number of unbranched alkanes of at least 4 members (excludes halogenated alkanes) is 1. The molecule has 2 N–H and O–H groups in total. The van der Waals surface area contributed by atoms with E-state index in [1.165, 1.54) is 19.3 Å². The molecule has 32 heavy (non-hydrogen) atoms. The summed E-state index contributed by atoms with van der Waals surface area (Å²) in [6.07, 6.45) is 9.73. The number of thioether (sulfide) groups is 1. The maximum Gasteiger partial charge on any atom is 0.354 e. The predicted octanol–water partition coefficient (Wildman–Crippen LogP) is 6.09. The van der Waals surface area contributed by atoms with E-state index in [0.717, 1.165) is 49.1 Å². The Balaban J connectivity index is 1.70. The zero-order valence-electron chi connectivity index (χ0n) is 18.9. The van der Waals surface area contributed by atoms with Crippen LogP contribution in [0.5, 0.6) is 11.5 Å². The van der Waals surface area contributed by atoms with Crippen LogP contribution in [0.1, 0.15) is 77.2 Å². The fourth-order valence-corrected chi connectivity index (χ4v) is 6.60. The average molecular weight is 481 g/mol. The number of aliphatic carboxylic acids is 1. The zero-order valence-corrected chi connectivity index (χ0v) is 20.5. The SMILES string of the molecule is CCCCC1(CC)NC(SC2CCCCC2)=C(C(=O)O)N1Cc1cc2c(cc1Cl)OCO2. The summed E-state index contributed by atoms with van der Waals surface area (Å²) in [5.41, 5.74) is 0.766. The van der Waals surface area contributed by atoms with Crippen LogP contribution in [0.3, 0.4) is 0 Å². The Morgan fingerprint density at radius 1 is 1.25 bits per heavy atom. The normalized spacial score (nSPS) is 23.0. The van der Waals surface area contributed by atoms with E-state index in [2.05, 4.69) is 19.2 Å². The minimum atomic E-state index is -0.889. The smallest absolute Gasteiger partial charge is 0.354 e. The standard InChI is InChI=1S/C24H33ClN2O4S/c1-3-5-11-24(4-2)26-22(32-17-9-7-6-8-10-17)21(23(28)29)27(24)14-16-12-19-20(13-18(16)25)31-15-30-19/h12-13,17,26H,3-11,14-15H2,1-2H3,(H,28,29). The first-order valence-corrected chi connectivity index (χ1v) is 13.0. The van der Waals surface area contributed by atoms with Crippen LogP contribution in [0.2, 0.25) is 5.02 Å². The number of carboxylic acids is 1. The van der Waals surface area contributed by atoms with Gasteiger partial charge in [-0.1, -0.05) is 51.1 Å². The van der Waals surface area contributed by atoms with Crippen molar-refractivity contribution in [2.24, 2.45) is 0 Å². The van der Waals surface area contributed by atoms with Crippen molar-refractivity contribution in [3.05, 3.63) is 33.4 Å². The van der Waals surface area contributed by atoms with Crippen LogP contribution in [0.25, 0.3) is 0 Å². The van der Waals surface area contributed by atoms with Crippen LogP contribution >= 0.6 is 23.4 Å². The Morgan fingerprint density at radius 2 is 1.97 bits per heavy atom. The van der Waals surface area contributed by atoms with Gasteiger partial charge in [0.15, 0.2) is 17.2 Å². The van der Waals surface area contributed by atoms with Gasteiger partial charge in [-0.3, -0.25) is 0 Å². The lowest BCUT2D eigenvalue weighted by molar-refractivity contribution is -0.135. The Labute approximate surface area is 199 Å². The third-order valence-corrected chi connectivity index (χ3v) is 8.47. The predicted molar refractivity (Wildman–Crippen MR) is 128 cm³/mol. The number of carboxylic acid groups (broad SMARTS) is 1. The summed E-state index contributed by atoms with van der Waals surface area (Å²) >= 11 is 8.32. The van der Waals surface area contributed by atoms with E-state index < -0.39 is 11.6 Å². The first-order valence-electron chi connectivity index (χ1n) is 11.8. The lowest BCUT2D eigenvalue weighted by atomic mass is 9.97. The van der Waals surface area contributed by atoms with Crippen molar-refractivity contribution in [1.29, 1.82) is 0 Å². The summed E-state index contributed by atoms with van der Waals surface area (Å²) in [7, 11) is 0. The maximum atomic E-state index is 12.6. The molecule has 1 aromatic rings. The molecule has 4 rings (SSSR count). The molecule has 2 heterocycles. The second-order valence-electron chi connectivity index (χ2n) is 8.86. The quantitative estimate of drug-likeness (QED) is 0.443. The summed E-state index contributed by atoms with van der Waals surface area (Å²) in [6, 6.07) is 3.65. The van der Waals surface area contributed by atoms with Crippen molar-refractivity contribution in [3.63, 3.8) is 0 Å². The lowest BCUT2D eigenvalue weighted by Gasteiger charge is -2.41. The molecule has 8 heteroatoms. The van der Waals surface area contributed by atoms with E-state index in [9.17, 15) is 9.90 Å². The minimum Gasteiger partial charge on any atom is -0.476 e. The Morgan fingerprint density at radius 3 is 2.62 bits per heavy atom. The molecular formula is C24H33ClN2O4S. The van der Waals surface area contributed by atoms with Crippen LogP contribution in [-0.2, 0) is 11.3 Å². The van der Waals surface area contributed by atoms with Gasteiger partial charge in [-0.05, 0) is 43.7 Å². The topological polar surface area (TPSA) is 71.0 Å². The summed E-state index contributed by atoms with van der Waals surface area (Å²) < 4.78 is 11.0. The van der Waals surface area contributed by atoms with E-state index in [-0.39, 0.29) is 6.79 Å². The molecule has 1 fully saturated rings. The highest BCUT2D eigenvalue weighted by Crippen LogP contribution is 2.45. The molecule has 1 aliphatic carbocycles. The van der Waals surface area contributed by atoms with Gasteiger partial charge in [-0.15, -0.1) is 11.8 Å². The molecule has 0 saturated heterocycles. The first-order chi connectivity index (χ1) is 15.5. The molecule has 0 spiro atoms. The number of ether oxygens (including phenoxy) is 2. The van der Waals surface area contributed by atoms with Gasteiger partial charge in [-0.25, -0.2) is 4.79 Å². The number of carbonyl (C=O) groups is 1. The highest BCUT2D eigenvalue weighted by Gasteiger charge is 2.46. The number of nitrogens with zero attached hydrogens (tertiary/aromatic N) is 1. The highest BCUT2D eigenvalue weighted by molar-refractivity contribution is 8.03. The largest absolute Gasteiger partial charge is 0.476 e. The van der Waals surface area contributed by atoms with Gasteiger partial charge in [0, 0.05) is 22.9 Å². The summed E-state index contributed by atoms with van der Waals surface area (Å²) in [5.74, 6) is 0.401. The summed E-state index contributed by atoms with van der Waals surface area (Å²) in [5, 5.41) is 15.8. The Kier molecular flexibility index (Phi) is 7.35. The fourth-order valence-electron chi connectivity index (χ4n) is 4.93. The van der Waals surface area contributed by atoms with E-state index in [0.29, 0.717) is 34.0 Å². The fraction of sp³-hybridized carbons (Fsp3) is 0.625. The van der Waals surface area contributed by atoms with Crippen molar-refractivity contribution in [2.75, 3.05) is 6.79 Å². The van der Waals surface area contributed by atoms with Crippen LogP contribution in [0.15, 0.2) is 22.9 Å². The highest BCUT2D eigenvalue weighted by atomic mass is 35.5. The molecule has 1 unspecified atom stereocenters. The number of hydrogen-bond donors (Lipinski definition) is 2. The molecule has 176 valence electrons. The zero-order chi connectivity index (χ0) is 22.7. The van der Waals surface area contributed by atoms with Gasteiger partial charge in [0.2, 0.25) is 6.79 Å². The summed E-state index contributed by atoms with van der Waals surface area (Å²) in [6.45, 7) is 4.87. The molecule has 6 nitrogen and oxygen atoms in total. The summed E-state index contributed by atoms with van der Waals surface area (Å²) in [4.78, 5) is 14.6. The second-order valence-corrected chi connectivity index (χ2v) is 10.6. The minimum absolute atomic E-state index is 0.179. The van der Waals surface area contributed by atoms with E-state index in [4.69, 9.17) is 21.1 Å². The number of nitrogens with one attached hydrogen (secondary N) is 1. The average Bonchev–Trinajstić information content (AvgIpc) is 3.35. The molecule has 0 radical (unpaired) electrons. The number of hydrogen-bond acceptors (Lipinski definition) is 6. The number of benzene rings is 1. The van der Waals surface area contributed by atoms with Crippen LogP contribution in [0.4, 0.5) is 0 Å². The lowest BCUT2D eigenvalue weighted by Crippen LogP contribution is -2.52. The van der Waals surface area contributed by atoms with Gasteiger partial charge < -0.3 is 24.8 Å². The molecule has 0 bridgehead atoms. The van der Waals surface area contributed by atoms with E-state index in [1.807, 2.05) is 11.0 Å². The molecule has 0 aromatic heterocycles. The molecule has 3 aliphatic rings. The first kappa shape index (κ1) is 23.4. The Hall–Kier alpha value is -1.73. The van der Waals surface area contributed by atoms with Crippen molar-refractivity contribution in [2.45, 2.75) is 89.1 Å². The Bertz CT molecular complexity index is 887. The number of fused-ring (bicyclic) bond motifs is 1. The molecule has 2 aliphatic heterocycles. The molecule has 1 saturated carbocycles. The third kappa shape index (κ3) is 4.65. The van der Waals surface area contributed by atoms with Crippen LogP contribution in [-0.4, -0.2) is 33.7 Å². The molecule has 0 amide bonds. The van der Waals surface area contributed by atoms with Gasteiger partial charge >= 0.3 is 5.97 Å². The monoisotopic (exact) mass is 480 g/mol. The molecule has 1 aromatic carbocycles. The van der Waals surface area contributed by atoms with Gasteiger partial charge in [0.1, 0.15) is 10.7 Å². The number of halogens is 1. The van der Waals surface area contributed by atoms with Gasteiger partial charge in [0.05, 0.1) is 0 Å². The second kappa shape index (κ2) is 10.0. The number of rotatable bonds is 9. The molecule has 1 atom stereocenters. The van der Waals surface area contributed by atoms with Crippen molar-refractivity contribution < 1.29 is 19.4 Å². The van der Waals surface area contributed by atoms with Crippen molar-refractivity contribution >= 4 is 29.3 Å². The maximum absolute atomic E-state index is 12.6. The van der Waals surface area contributed by atoms with Gasteiger partial charge in [0.25, 0.3) is 0 Å². The van der Waals surface area contributed by atoms with Crippen LogP contribution in [0, 0.1) is 0 Å². The van der Waals surface area contributed by atoms with E-state index in [1.54, 1.807) is 17.8 Å².